The molecule has 0 radical (unpaired) electrons. The van der Waals surface area contributed by atoms with Gasteiger partial charge in [-0.05, 0) is 58.4 Å². The summed E-state index contributed by atoms with van der Waals surface area (Å²) in [6.45, 7) is 10.6. The third-order valence-corrected chi connectivity index (χ3v) is 4.74. The molecule has 0 aliphatic heterocycles. The van der Waals surface area contributed by atoms with Crippen LogP contribution in [0.4, 0.5) is 0 Å². The van der Waals surface area contributed by atoms with E-state index in [9.17, 15) is 19.8 Å². The largest absolute Gasteiger partial charge is 0.458 e. The molecule has 142 valence electrons. The summed E-state index contributed by atoms with van der Waals surface area (Å²) in [5, 5.41) is 19.8. The van der Waals surface area contributed by atoms with Crippen LogP contribution >= 0.6 is 0 Å². The molecule has 2 N–H and O–H groups in total. The predicted octanol–water partition coefficient (Wildman–Crippen LogP) is 2.95. The molecular weight excluding hydrogens is 320 g/mol. The van der Waals surface area contributed by atoms with Crippen molar-refractivity contribution in [2.45, 2.75) is 77.6 Å². The average Bonchev–Trinajstić information content (AvgIpc) is 2.48. The lowest BCUT2D eigenvalue weighted by atomic mass is 9.82. The fourth-order valence-electron chi connectivity index (χ4n) is 3.04. The van der Waals surface area contributed by atoms with Crippen LogP contribution in [0.3, 0.4) is 0 Å². The van der Waals surface area contributed by atoms with Crippen molar-refractivity contribution >= 4 is 11.8 Å². The Morgan fingerprint density at radius 1 is 1.28 bits per heavy atom. The summed E-state index contributed by atoms with van der Waals surface area (Å²) in [5.74, 6) is -0.932. The number of aliphatic hydroxyl groups is 2. The van der Waals surface area contributed by atoms with E-state index >= 15 is 0 Å². The van der Waals surface area contributed by atoms with Crippen LogP contribution in [0.25, 0.3) is 0 Å². The summed E-state index contributed by atoms with van der Waals surface area (Å²) in [5.41, 5.74) is -0.242. The first-order chi connectivity index (χ1) is 11.5. The molecule has 0 spiro atoms. The average molecular weight is 352 g/mol. The van der Waals surface area contributed by atoms with Gasteiger partial charge in [-0.3, -0.25) is 4.79 Å². The second kappa shape index (κ2) is 9.30. The maximum absolute atomic E-state index is 12.1. The minimum absolute atomic E-state index is 0.0284. The van der Waals surface area contributed by atoms with E-state index in [2.05, 4.69) is 6.58 Å². The molecule has 1 aliphatic rings. The summed E-state index contributed by atoms with van der Waals surface area (Å²) in [7, 11) is 0. The monoisotopic (exact) mass is 352 g/mol. The zero-order chi connectivity index (χ0) is 19.2. The summed E-state index contributed by atoms with van der Waals surface area (Å²) >= 11 is 0. The van der Waals surface area contributed by atoms with E-state index in [1.54, 1.807) is 13.8 Å². The van der Waals surface area contributed by atoms with Crippen LogP contribution in [0.1, 0.15) is 59.8 Å². The fraction of sp³-hybridized carbons (Fsp3) is 0.700. The van der Waals surface area contributed by atoms with Crippen LogP contribution in [0.2, 0.25) is 0 Å². The van der Waals surface area contributed by atoms with Gasteiger partial charge in [-0.1, -0.05) is 19.1 Å². The number of hydrogen-bond acceptors (Lipinski definition) is 5. The molecule has 1 aliphatic carbocycles. The SMILES string of the molecule is C=C1CC[C@H](O)[C@@H](C)CC[C@@H](C(C)=O)[C@@H](OC(=O)/C=C/C(C)(C)O)C1. The first kappa shape index (κ1) is 21.6. The van der Waals surface area contributed by atoms with Gasteiger partial charge in [0.15, 0.2) is 0 Å². The number of esters is 1. The Balaban J connectivity index is 2.93. The van der Waals surface area contributed by atoms with Gasteiger partial charge in [-0.25, -0.2) is 4.79 Å². The second-order valence-electron chi connectivity index (χ2n) is 7.79. The van der Waals surface area contributed by atoms with Gasteiger partial charge in [-0.15, -0.1) is 0 Å². The van der Waals surface area contributed by atoms with E-state index in [-0.39, 0.29) is 11.7 Å². The Bertz CT molecular complexity index is 515. The molecule has 0 aromatic carbocycles. The third-order valence-electron chi connectivity index (χ3n) is 4.74. The van der Waals surface area contributed by atoms with Crippen LogP contribution < -0.4 is 0 Å². The first-order valence-corrected chi connectivity index (χ1v) is 8.97. The van der Waals surface area contributed by atoms with Gasteiger partial charge in [-0.2, -0.15) is 0 Å². The van der Waals surface area contributed by atoms with Crippen LogP contribution in [0.5, 0.6) is 0 Å². The highest BCUT2D eigenvalue weighted by Gasteiger charge is 2.31. The molecule has 0 heterocycles. The molecule has 5 nitrogen and oxygen atoms in total. The first-order valence-electron chi connectivity index (χ1n) is 8.97. The number of Topliss-reactive ketones (excluding diaryl/α,β-unsaturated/α-hetero) is 1. The highest BCUT2D eigenvalue weighted by Crippen LogP contribution is 2.29. The van der Waals surface area contributed by atoms with Gasteiger partial charge >= 0.3 is 5.97 Å². The van der Waals surface area contributed by atoms with Gasteiger partial charge in [0.1, 0.15) is 11.9 Å². The number of rotatable bonds is 4. The van der Waals surface area contributed by atoms with E-state index in [1.807, 2.05) is 6.92 Å². The Labute approximate surface area is 150 Å². The van der Waals surface area contributed by atoms with Crippen molar-refractivity contribution in [1.29, 1.82) is 0 Å². The lowest BCUT2D eigenvalue weighted by molar-refractivity contribution is -0.148. The number of aliphatic hydroxyl groups excluding tert-OH is 1. The molecule has 4 atom stereocenters. The maximum atomic E-state index is 12.1. The number of carbonyl (C=O) groups is 2. The van der Waals surface area contributed by atoms with Gasteiger partial charge < -0.3 is 14.9 Å². The third kappa shape index (κ3) is 7.97. The Morgan fingerprint density at radius 2 is 1.92 bits per heavy atom. The molecule has 0 aromatic heterocycles. The quantitative estimate of drug-likeness (QED) is 0.462. The molecule has 5 heteroatoms. The normalized spacial score (nSPS) is 29.4. The highest BCUT2D eigenvalue weighted by molar-refractivity contribution is 5.83. The van der Waals surface area contributed by atoms with E-state index in [4.69, 9.17) is 4.74 Å². The number of carbonyl (C=O) groups excluding carboxylic acids is 2. The van der Waals surface area contributed by atoms with Crippen molar-refractivity contribution in [3.63, 3.8) is 0 Å². The van der Waals surface area contributed by atoms with Crippen molar-refractivity contribution in [3.05, 3.63) is 24.3 Å². The zero-order valence-corrected chi connectivity index (χ0v) is 15.8. The fourth-order valence-corrected chi connectivity index (χ4v) is 3.04. The van der Waals surface area contributed by atoms with Gasteiger partial charge in [0.25, 0.3) is 0 Å². The molecule has 0 bridgehead atoms. The van der Waals surface area contributed by atoms with Crippen molar-refractivity contribution in [2.24, 2.45) is 11.8 Å². The molecule has 1 saturated carbocycles. The van der Waals surface area contributed by atoms with E-state index in [0.29, 0.717) is 32.1 Å². The minimum atomic E-state index is -1.11. The smallest absolute Gasteiger partial charge is 0.330 e. The number of ether oxygens (including phenoxy) is 1. The topological polar surface area (TPSA) is 83.8 Å². The molecular formula is C20H32O5. The van der Waals surface area contributed by atoms with Crippen LogP contribution in [-0.4, -0.2) is 39.8 Å². The molecule has 0 unspecified atom stereocenters. The number of hydrogen-bond donors (Lipinski definition) is 2. The molecule has 1 fully saturated rings. The minimum Gasteiger partial charge on any atom is -0.458 e. The lowest BCUT2D eigenvalue weighted by Gasteiger charge is -2.29. The van der Waals surface area contributed by atoms with Crippen LogP contribution in [-0.2, 0) is 14.3 Å². The van der Waals surface area contributed by atoms with Crippen LogP contribution in [0.15, 0.2) is 24.3 Å². The second-order valence-corrected chi connectivity index (χ2v) is 7.79. The molecule has 25 heavy (non-hydrogen) atoms. The van der Waals surface area contributed by atoms with Crippen molar-refractivity contribution in [2.75, 3.05) is 0 Å². The molecule has 0 amide bonds. The Hall–Kier alpha value is -1.46. The Morgan fingerprint density at radius 3 is 2.48 bits per heavy atom. The van der Waals surface area contributed by atoms with Crippen molar-refractivity contribution < 1.29 is 24.5 Å². The predicted molar refractivity (Wildman–Crippen MR) is 96.9 cm³/mol. The summed E-state index contributed by atoms with van der Waals surface area (Å²) in [4.78, 5) is 24.2. The van der Waals surface area contributed by atoms with E-state index in [1.165, 1.54) is 19.1 Å². The van der Waals surface area contributed by atoms with Gasteiger partial charge in [0.2, 0.25) is 0 Å². The van der Waals surface area contributed by atoms with Gasteiger partial charge in [0.05, 0.1) is 17.6 Å². The number of ketones is 1. The summed E-state index contributed by atoms with van der Waals surface area (Å²) in [6, 6.07) is 0. The highest BCUT2D eigenvalue weighted by atomic mass is 16.5. The lowest BCUT2D eigenvalue weighted by Crippen LogP contribution is -2.33. The van der Waals surface area contributed by atoms with Crippen molar-refractivity contribution in [1.82, 2.24) is 0 Å². The molecule has 1 rings (SSSR count). The summed E-state index contributed by atoms with van der Waals surface area (Å²) in [6.07, 6.45) is 4.54. The molecule has 0 aromatic rings. The Kier molecular flexibility index (Phi) is 8.03. The van der Waals surface area contributed by atoms with Crippen LogP contribution in [0, 0.1) is 11.8 Å². The maximum Gasteiger partial charge on any atom is 0.330 e. The summed E-state index contributed by atoms with van der Waals surface area (Å²) < 4.78 is 5.54. The zero-order valence-electron chi connectivity index (χ0n) is 15.8. The van der Waals surface area contributed by atoms with E-state index in [0.717, 1.165) is 5.57 Å². The standard InChI is InChI=1S/C20H32O5/c1-13-6-9-17(22)14(2)7-8-16(15(3)21)18(12-13)25-19(23)10-11-20(4,5)24/h10-11,14,16-18,22,24H,1,6-9,12H2,2-5H3/b11-10+/t14-,16-,17-,18-/m0/s1. The van der Waals surface area contributed by atoms with Gasteiger partial charge in [0, 0.05) is 12.5 Å². The molecule has 0 saturated heterocycles. The van der Waals surface area contributed by atoms with E-state index < -0.39 is 29.7 Å². The van der Waals surface area contributed by atoms with Crippen molar-refractivity contribution in [3.8, 4) is 0 Å².